The fourth-order valence-electron chi connectivity index (χ4n) is 2.71. The van der Waals surface area contributed by atoms with Crippen LogP contribution in [0.5, 0.6) is 5.75 Å². The maximum Gasteiger partial charge on any atom is 0.242 e. The molecule has 0 spiro atoms. The minimum Gasteiger partial charge on any atom is -0.491 e. The number of hydrogen-bond acceptors (Lipinski definition) is 3. The van der Waals surface area contributed by atoms with Gasteiger partial charge in [0.2, 0.25) is 5.91 Å². The van der Waals surface area contributed by atoms with Crippen LogP contribution in [0.4, 0.5) is 5.69 Å². The molecule has 4 heteroatoms. The summed E-state index contributed by atoms with van der Waals surface area (Å²) >= 11 is 0. The molecule has 2 rings (SSSR count). The van der Waals surface area contributed by atoms with Gasteiger partial charge in [0.1, 0.15) is 5.75 Å². The molecule has 0 bridgehead atoms. The zero-order chi connectivity index (χ0) is 19.3. The number of benzene rings is 2. The summed E-state index contributed by atoms with van der Waals surface area (Å²) in [5.41, 5.74) is 2.13. The Morgan fingerprint density at radius 3 is 2.37 bits per heavy atom. The monoisotopic (exact) mass is 364 g/mol. The summed E-state index contributed by atoms with van der Waals surface area (Å²) in [6, 6.07) is 18.1. The van der Waals surface area contributed by atoms with Crippen molar-refractivity contribution in [2.45, 2.75) is 12.8 Å². The summed E-state index contributed by atoms with van der Waals surface area (Å²) in [4.78, 5) is 14.0. The smallest absolute Gasteiger partial charge is 0.242 e. The second-order valence-corrected chi connectivity index (χ2v) is 6.16. The van der Waals surface area contributed by atoms with Crippen molar-refractivity contribution in [2.75, 3.05) is 31.6 Å². The second-order valence-electron chi connectivity index (χ2n) is 6.16. The average molecular weight is 364 g/mol. The Morgan fingerprint density at radius 1 is 1.00 bits per heavy atom. The van der Waals surface area contributed by atoms with Crippen molar-refractivity contribution < 1.29 is 9.53 Å². The van der Waals surface area contributed by atoms with Gasteiger partial charge in [0.25, 0.3) is 0 Å². The fourth-order valence-corrected chi connectivity index (χ4v) is 2.71. The first kappa shape index (κ1) is 20.3. The van der Waals surface area contributed by atoms with E-state index in [0.717, 1.165) is 24.3 Å². The van der Waals surface area contributed by atoms with Crippen molar-refractivity contribution in [3.63, 3.8) is 0 Å². The van der Waals surface area contributed by atoms with Crippen LogP contribution in [0, 0.1) is 0 Å². The molecule has 1 amide bonds. The first-order chi connectivity index (χ1) is 13.2. The van der Waals surface area contributed by atoms with Crippen LogP contribution in [-0.4, -0.2) is 37.0 Å². The number of hydrogen-bond donors (Lipinski definition) is 1. The van der Waals surface area contributed by atoms with Crippen molar-refractivity contribution in [1.29, 1.82) is 0 Å². The van der Waals surface area contributed by atoms with Crippen molar-refractivity contribution in [3.8, 4) is 5.75 Å². The molecule has 0 saturated carbocycles. The van der Waals surface area contributed by atoms with E-state index in [4.69, 9.17) is 4.74 Å². The third kappa shape index (κ3) is 7.02. The standard InChI is InChI=1S/C23H28N2O2/c1-3-16-25(17-4-2)23(26)19-24-21-14-8-9-15-22(21)27-18-10-13-20-11-6-5-7-12-20/h3-9,11-12,14-15,24H,1-2,10,13,16-19H2. The average Bonchev–Trinajstić information content (AvgIpc) is 2.71. The van der Waals surface area contributed by atoms with E-state index in [9.17, 15) is 4.79 Å². The van der Waals surface area contributed by atoms with Crippen LogP contribution in [0.1, 0.15) is 12.0 Å². The number of aryl methyl sites for hydroxylation is 1. The summed E-state index contributed by atoms with van der Waals surface area (Å²) in [6.07, 6.45) is 5.34. The van der Waals surface area contributed by atoms with E-state index >= 15 is 0 Å². The Morgan fingerprint density at radius 2 is 1.67 bits per heavy atom. The molecule has 0 aliphatic heterocycles. The molecule has 0 fully saturated rings. The number of anilines is 1. The quantitative estimate of drug-likeness (QED) is 0.451. The van der Waals surface area contributed by atoms with Crippen molar-refractivity contribution in [2.24, 2.45) is 0 Å². The zero-order valence-electron chi connectivity index (χ0n) is 15.8. The maximum absolute atomic E-state index is 12.4. The minimum atomic E-state index is -0.00585. The van der Waals surface area contributed by atoms with Crippen LogP contribution < -0.4 is 10.1 Å². The van der Waals surface area contributed by atoms with Gasteiger partial charge < -0.3 is 15.0 Å². The minimum absolute atomic E-state index is 0.00585. The van der Waals surface area contributed by atoms with Gasteiger partial charge in [-0.15, -0.1) is 13.2 Å². The summed E-state index contributed by atoms with van der Waals surface area (Å²) in [7, 11) is 0. The maximum atomic E-state index is 12.4. The number of carbonyl (C=O) groups is 1. The molecule has 2 aromatic carbocycles. The first-order valence-electron chi connectivity index (χ1n) is 9.23. The van der Waals surface area contributed by atoms with Crippen LogP contribution in [0.2, 0.25) is 0 Å². The number of nitrogens with one attached hydrogen (secondary N) is 1. The highest BCUT2D eigenvalue weighted by Gasteiger charge is 2.11. The van der Waals surface area contributed by atoms with E-state index in [1.807, 2.05) is 30.3 Å². The van der Waals surface area contributed by atoms with Crippen LogP contribution in [0.25, 0.3) is 0 Å². The molecular weight excluding hydrogens is 336 g/mol. The highest BCUT2D eigenvalue weighted by molar-refractivity contribution is 5.81. The van der Waals surface area contributed by atoms with E-state index in [1.165, 1.54) is 5.56 Å². The lowest BCUT2D eigenvalue weighted by Gasteiger charge is -2.20. The lowest BCUT2D eigenvalue weighted by atomic mass is 10.1. The van der Waals surface area contributed by atoms with Gasteiger partial charge in [-0.05, 0) is 30.5 Å². The van der Waals surface area contributed by atoms with Gasteiger partial charge in [-0.3, -0.25) is 4.79 Å². The zero-order valence-corrected chi connectivity index (χ0v) is 15.8. The number of para-hydroxylation sites is 2. The SMILES string of the molecule is C=CCN(CC=C)C(=O)CNc1ccccc1OCCCc1ccccc1. The Bertz CT molecular complexity index is 718. The summed E-state index contributed by atoms with van der Waals surface area (Å²) in [5.74, 6) is 0.756. The Balaban J connectivity index is 1.84. The molecule has 0 unspecified atom stereocenters. The largest absolute Gasteiger partial charge is 0.491 e. The third-order valence-electron chi connectivity index (χ3n) is 4.08. The Kier molecular flexibility index (Phi) is 8.70. The molecule has 0 heterocycles. The van der Waals surface area contributed by atoms with E-state index in [0.29, 0.717) is 19.7 Å². The van der Waals surface area contributed by atoms with Gasteiger partial charge in [0, 0.05) is 13.1 Å². The molecule has 0 radical (unpaired) electrons. The van der Waals surface area contributed by atoms with Gasteiger partial charge in [0.15, 0.2) is 0 Å². The number of amides is 1. The molecule has 27 heavy (non-hydrogen) atoms. The van der Waals surface area contributed by atoms with Gasteiger partial charge >= 0.3 is 0 Å². The van der Waals surface area contributed by atoms with Crippen LogP contribution in [0.15, 0.2) is 79.9 Å². The molecule has 2 aromatic rings. The molecule has 0 aromatic heterocycles. The van der Waals surface area contributed by atoms with Gasteiger partial charge in [-0.25, -0.2) is 0 Å². The normalized spacial score (nSPS) is 10.1. The predicted octanol–water partition coefficient (Wildman–Crippen LogP) is 4.31. The molecule has 0 aliphatic carbocycles. The van der Waals surface area contributed by atoms with E-state index in [-0.39, 0.29) is 12.5 Å². The van der Waals surface area contributed by atoms with Crippen LogP contribution >= 0.6 is 0 Å². The molecule has 0 aliphatic rings. The molecular formula is C23H28N2O2. The second kappa shape index (κ2) is 11.6. The molecule has 0 saturated heterocycles. The summed E-state index contributed by atoms with van der Waals surface area (Å²) in [5, 5.41) is 3.18. The Labute approximate surface area is 162 Å². The van der Waals surface area contributed by atoms with Crippen molar-refractivity contribution >= 4 is 11.6 Å². The van der Waals surface area contributed by atoms with E-state index < -0.39 is 0 Å². The van der Waals surface area contributed by atoms with Crippen molar-refractivity contribution in [3.05, 3.63) is 85.5 Å². The highest BCUT2D eigenvalue weighted by atomic mass is 16.5. The Hall–Kier alpha value is -3.01. The fraction of sp³-hybridized carbons (Fsp3) is 0.261. The van der Waals surface area contributed by atoms with Crippen molar-refractivity contribution in [1.82, 2.24) is 4.90 Å². The van der Waals surface area contributed by atoms with Gasteiger partial charge in [-0.1, -0.05) is 54.6 Å². The molecule has 142 valence electrons. The highest BCUT2D eigenvalue weighted by Crippen LogP contribution is 2.23. The topological polar surface area (TPSA) is 41.6 Å². The third-order valence-corrected chi connectivity index (χ3v) is 4.08. The number of rotatable bonds is 12. The molecule has 4 nitrogen and oxygen atoms in total. The number of carbonyl (C=O) groups excluding carboxylic acids is 1. The lowest BCUT2D eigenvalue weighted by Crippen LogP contribution is -2.35. The number of nitrogens with zero attached hydrogens (tertiary/aromatic N) is 1. The van der Waals surface area contributed by atoms with E-state index in [1.54, 1.807) is 17.1 Å². The van der Waals surface area contributed by atoms with Gasteiger partial charge in [0.05, 0.1) is 18.8 Å². The van der Waals surface area contributed by atoms with Gasteiger partial charge in [-0.2, -0.15) is 0 Å². The lowest BCUT2D eigenvalue weighted by molar-refractivity contribution is -0.128. The summed E-state index contributed by atoms with van der Waals surface area (Å²) < 4.78 is 5.93. The molecule has 0 atom stereocenters. The van der Waals surface area contributed by atoms with Crippen LogP contribution in [0.3, 0.4) is 0 Å². The molecule has 1 N–H and O–H groups in total. The summed E-state index contributed by atoms with van der Waals surface area (Å²) in [6.45, 7) is 9.22. The predicted molar refractivity (Wildman–Crippen MR) is 112 cm³/mol. The van der Waals surface area contributed by atoms with E-state index in [2.05, 4.69) is 42.7 Å². The first-order valence-corrected chi connectivity index (χ1v) is 9.23. The van der Waals surface area contributed by atoms with Crippen LogP contribution in [-0.2, 0) is 11.2 Å². The number of ether oxygens (including phenoxy) is 1.